The molecule has 0 nitrogen and oxygen atoms in total. The zero-order valence-corrected chi connectivity index (χ0v) is 12.8. The fourth-order valence-electron chi connectivity index (χ4n) is 2.75. The van der Waals surface area contributed by atoms with Crippen molar-refractivity contribution < 1.29 is 0 Å². The van der Waals surface area contributed by atoms with Crippen molar-refractivity contribution in [1.29, 1.82) is 0 Å². The van der Waals surface area contributed by atoms with Gasteiger partial charge in [-0.3, -0.25) is 0 Å². The maximum absolute atomic E-state index is 2.44. The fourth-order valence-corrected chi connectivity index (χ4v) is 2.75. The minimum absolute atomic E-state index is 0. The van der Waals surface area contributed by atoms with Gasteiger partial charge in [0.05, 0.1) is 0 Å². The van der Waals surface area contributed by atoms with Crippen LogP contribution in [0.2, 0.25) is 0 Å². The molecule has 2 bridgehead atoms. The molecule has 1 saturated carbocycles. The van der Waals surface area contributed by atoms with E-state index in [-0.39, 0.29) is 24.0 Å². The largest absolute Gasteiger partial charge is 0.107 e. The Morgan fingerprint density at radius 3 is 1.14 bits per heavy atom. The minimum atomic E-state index is 0. The van der Waals surface area contributed by atoms with Crippen molar-refractivity contribution in [1.82, 2.24) is 0 Å². The molecule has 2 aliphatic carbocycles. The molecule has 0 aliphatic heterocycles. The van der Waals surface area contributed by atoms with E-state index in [0.717, 1.165) is 0 Å². The van der Waals surface area contributed by atoms with Crippen LogP contribution in [0.25, 0.3) is 0 Å². The van der Waals surface area contributed by atoms with Gasteiger partial charge in [-0.2, -0.15) is 0 Å². The fraction of sp³-hybridized carbons (Fsp3) is 0.846. The third-order valence-electron chi connectivity index (χ3n) is 4.84. The summed E-state index contributed by atoms with van der Waals surface area (Å²) < 4.78 is 0. The number of hydrogen-bond donors (Lipinski definition) is 0. The Morgan fingerprint density at radius 1 is 0.786 bits per heavy atom. The summed E-state index contributed by atoms with van der Waals surface area (Å²) in [7, 11) is 0. The third kappa shape index (κ3) is 1.56. The van der Waals surface area contributed by atoms with Crippen LogP contribution in [0.1, 0.15) is 54.4 Å². The molecule has 84 valence electrons. The summed E-state index contributed by atoms with van der Waals surface area (Å²) in [4.78, 5) is 0. The van der Waals surface area contributed by atoms with Crippen LogP contribution in [0.5, 0.6) is 0 Å². The molecule has 2 aliphatic rings. The van der Waals surface area contributed by atoms with E-state index in [2.05, 4.69) is 39.8 Å². The van der Waals surface area contributed by atoms with Gasteiger partial charge in [0.2, 0.25) is 0 Å². The molecule has 0 aromatic carbocycles. The number of hydrogen-bond acceptors (Lipinski definition) is 0. The number of allylic oxidation sites excluding steroid dienone is 2. The van der Waals surface area contributed by atoms with Crippen LogP contribution in [0.4, 0.5) is 0 Å². The van der Waals surface area contributed by atoms with E-state index in [1.807, 2.05) is 13.8 Å². The van der Waals surface area contributed by atoms with Gasteiger partial charge in [0, 0.05) is 0 Å². The van der Waals surface area contributed by atoms with Gasteiger partial charge in [0.15, 0.2) is 0 Å². The molecular weight excluding hydrogens is 283 g/mol. The normalized spacial score (nSPS) is 41.3. The molecule has 2 unspecified atom stereocenters. The lowest BCUT2D eigenvalue weighted by Crippen LogP contribution is -2.32. The van der Waals surface area contributed by atoms with Crippen molar-refractivity contribution in [2.45, 2.75) is 54.4 Å². The van der Waals surface area contributed by atoms with Gasteiger partial charge in [-0.05, 0) is 29.1 Å². The minimum Gasteiger partial charge on any atom is -0.107 e. The third-order valence-corrected chi connectivity index (χ3v) is 4.84. The lowest BCUT2D eigenvalue weighted by atomic mass is 9.65. The van der Waals surface area contributed by atoms with Crippen molar-refractivity contribution in [3.63, 3.8) is 0 Å². The van der Waals surface area contributed by atoms with Crippen molar-refractivity contribution in [2.75, 3.05) is 0 Å². The topological polar surface area (TPSA) is 0 Å². The number of halogens is 1. The molecule has 0 aromatic rings. The molecule has 1 fully saturated rings. The van der Waals surface area contributed by atoms with Crippen LogP contribution >= 0.6 is 24.0 Å². The predicted molar refractivity (Wildman–Crippen MR) is 75.1 cm³/mol. The molecule has 0 N–H and O–H groups in total. The summed E-state index contributed by atoms with van der Waals surface area (Å²) in [5.74, 6) is 0. The van der Waals surface area contributed by atoms with E-state index < -0.39 is 0 Å². The highest BCUT2D eigenvalue weighted by Crippen LogP contribution is 2.68. The summed E-state index contributed by atoms with van der Waals surface area (Å²) in [6, 6.07) is 0. The standard InChI is InChI=1S/C11H18.C2H6.HI/c1-9(2)10(3)5-7-11(9,4)8-6-10;1-2;/h5,7H,6,8H2,1-4H3;1-2H3;1H. The first-order chi connectivity index (χ1) is 5.91. The molecule has 0 radical (unpaired) electrons. The van der Waals surface area contributed by atoms with Gasteiger partial charge >= 0.3 is 0 Å². The Morgan fingerprint density at radius 2 is 1.07 bits per heavy atom. The van der Waals surface area contributed by atoms with Crippen LogP contribution in [-0.4, -0.2) is 0 Å². The van der Waals surface area contributed by atoms with Crippen molar-refractivity contribution in [3.8, 4) is 0 Å². The van der Waals surface area contributed by atoms with Crippen LogP contribution in [-0.2, 0) is 0 Å². The molecule has 2 rings (SSSR count). The first-order valence-electron chi connectivity index (χ1n) is 5.62. The molecule has 0 heterocycles. The summed E-state index contributed by atoms with van der Waals surface area (Å²) in [6.45, 7) is 13.6. The molecule has 0 amide bonds. The maximum Gasteiger partial charge on any atom is -0.00867 e. The Hall–Kier alpha value is 0.470. The van der Waals surface area contributed by atoms with Gasteiger partial charge < -0.3 is 0 Å². The molecule has 0 spiro atoms. The molecular formula is C13H25I. The van der Waals surface area contributed by atoms with Gasteiger partial charge in [-0.1, -0.05) is 53.7 Å². The Kier molecular flexibility index (Phi) is 4.29. The molecule has 14 heavy (non-hydrogen) atoms. The van der Waals surface area contributed by atoms with Crippen molar-refractivity contribution in [3.05, 3.63) is 12.2 Å². The SMILES string of the molecule is CC.CC12C=CC(C)(CC1)C2(C)C.I. The second-order valence-electron chi connectivity index (χ2n) is 5.29. The van der Waals surface area contributed by atoms with E-state index in [1.54, 1.807) is 0 Å². The second-order valence-corrected chi connectivity index (χ2v) is 5.29. The van der Waals surface area contributed by atoms with Gasteiger partial charge in [0.25, 0.3) is 0 Å². The van der Waals surface area contributed by atoms with Crippen LogP contribution in [0.3, 0.4) is 0 Å². The van der Waals surface area contributed by atoms with Gasteiger partial charge in [-0.25, -0.2) is 0 Å². The van der Waals surface area contributed by atoms with Gasteiger partial charge in [-0.15, -0.1) is 24.0 Å². The summed E-state index contributed by atoms with van der Waals surface area (Å²) >= 11 is 0. The Bertz CT molecular complexity index is 207. The highest BCUT2D eigenvalue weighted by atomic mass is 127. The average Bonchev–Trinajstić information content (AvgIpc) is 2.39. The van der Waals surface area contributed by atoms with Crippen LogP contribution < -0.4 is 0 Å². The lowest BCUT2D eigenvalue weighted by molar-refractivity contribution is 0.120. The smallest absolute Gasteiger partial charge is 0.00867 e. The van der Waals surface area contributed by atoms with Crippen LogP contribution in [0.15, 0.2) is 12.2 Å². The van der Waals surface area contributed by atoms with Crippen molar-refractivity contribution >= 4 is 24.0 Å². The molecule has 0 aromatic heterocycles. The van der Waals surface area contributed by atoms with Crippen molar-refractivity contribution in [2.24, 2.45) is 16.2 Å². The first kappa shape index (κ1) is 14.5. The molecule has 2 atom stereocenters. The second kappa shape index (κ2) is 4.15. The van der Waals surface area contributed by atoms with E-state index in [9.17, 15) is 0 Å². The monoisotopic (exact) mass is 308 g/mol. The summed E-state index contributed by atoms with van der Waals surface area (Å²) in [6.07, 6.45) is 7.65. The maximum atomic E-state index is 2.44. The van der Waals surface area contributed by atoms with E-state index in [0.29, 0.717) is 16.2 Å². The zero-order valence-electron chi connectivity index (χ0n) is 10.5. The van der Waals surface area contributed by atoms with Crippen LogP contribution in [0, 0.1) is 16.2 Å². The highest BCUT2D eigenvalue weighted by Gasteiger charge is 2.59. The quantitative estimate of drug-likeness (QED) is 0.435. The predicted octanol–water partition coefficient (Wildman–Crippen LogP) is 5.03. The average molecular weight is 308 g/mol. The Balaban J connectivity index is 0.000000531. The van der Waals surface area contributed by atoms with E-state index >= 15 is 0 Å². The number of rotatable bonds is 0. The van der Waals surface area contributed by atoms with E-state index in [1.165, 1.54) is 12.8 Å². The van der Waals surface area contributed by atoms with Gasteiger partial charge in [0.1, 0.15) is 0 Å². The first-order valence-corrected chi connectivity index (χ1v) is 5.62. The Labute approximate surface area is 107 Å². The number of fused-ring (bicyclic) bond motifs is 2. The molecule has 0 saturated heterocycles. The van der Waals surface area contributed by atoms with E-state index in [4.69, 9.17) is 0 Å². The molecule has 1 heteroatoms. The summed E-state index contributed by atoms with van der Waals surface area (Å²) in [5.41, 5.74) is 1.46. The lowest BCUT2D eigenvalue weighted by Gasteiger charge is -2.39. The zero-order chi connectivity index (χ0) is 10.3. The summed E-state index contributed by atoms with van der Waals surface area (Å²) in [5, 5.41) is 0. The highest BCUT2D eigenvalue weighted by molar-refractivity contribution is 14.0.